The maximum atomic E-state index is 12.8. The maximum absolute atomic E-state index is 12.8. The predicted molar refractivity (Wildman–Crippen MR) is 104 cm³/mol. The van der Waals surface area contributed by atoms with Gasteiger partial charge in [-0.15, -0.1) is 0 Å². The molecule has 0 aliphatic heterocycles. The Balaban J connectivity index is 1.65. The van der Waals surface area contributed by atoms with Crippen molar-refractivity contribution < 1.29 is 9.59 Å². The number of carbonyl (C=O) groups excluding carboxylic acids is 2. The summed E-state index contributed by atoms with van der Waals surface area (Å²) < 4.78 is 0. The SMILES string of the molecule is CCNC(=O)C1CCC(N(C)C(=O)c2ccc(-c3ccccc3)cc2)C1. The van der Waals surface area contributed by atoms with Gasteiger partial charge in [0, 0.05) is 31.1 Å². The van der Waals surface area contributed by atoms with E-state index in [1.54, 1.807) is 4.90 Å². The molecule has 4 nitrogen and oxygen atoms in total. The van der Waals surface area contributed by atoms with E-state index in [0.717, 1.165) is 30.4 Å². The topological polar surface area (TPSA) is 49.4 Å². The van der Waals surface area contributed by atoms with E-state index >= 15 is 0 Å². The number of nitrogens with one attached hydrogen (secondary N) is 1. The van der Waals surface area contributed by atoms with Crippen LogP contribution >= 0.6 is 0 Å². The molecule has 2 unspecified atom stereocenters. The average Bonchev–Trinajstić information content (AvgIpc) is 3.18. The summed E-state index contributed by atoms with van der Waals surface area (Å²) in [6.07, 6.45) is 2.48. The first kappa shape index (κ1) is 18.2. The molecule has 0 saturated heterocycles. The third kappa shape index (κ3) is 3.96. The van der Waals surface area contributed by atoms with E-state index in [2.05, 4.69) is 17.4 Å². The molecule has 1 saturated carbocycles. The summed E-state index contributed by atoms with van der Waals surface area (Å²) in [4.78, 5) is 26.6. The third-order valence-electron chi connectivity index (χ3n) is 5.23. The van der Waals surface area contributed by atoms with E-state index < -0.39 is 0 Å². The first-order valence-corrected chi connectivity index (χ1v) is 9.30. The predicted octanol–water partition coefficient (Wildman–Crippen LogP) is 3.73. The lowest BCUT2D eigenvalue weighted by Crippen LogP contribution is -2.36. The van der Waals surface area contributed by atoms with Gasteiger partial charge in [0.05, 0.1) is 0 Å². The van der Waals surface area contributed by atoms with Crippen molar-refractivity contribution in [2.24, 2.45) is 5.92 Å². The van der Waals surface area contributed by atoms with Crippen LogP contribution in [0, 0.1) is 5.92 Å². The minimum absolute atomic E-state index is 0.0196. The van der Waals surface area contributed by atoms with Gasteiger partial charge in [-0.05, 0) is 49.4 Å². The highest BCUT2D eigenvalue weighted by molar-refractivity contribution is 5.95. The molecule has 0 radical (unpaired) electrons. The van der Waals surface area contributed by atoms with Gasteiger partial charge in [-0.3, -0.25) is 9.59 Å². The molecule has 1 N–H and O–H groups in total. The third-order valence-corrected chi connectivity index (χ3v) is 5.23. The number of nitrogens with zero attached hydrogens (tertiary/aromatic N) is 1. The molecule has 2 atom stereocenters. The van der Waals surface area contributed by atoms with Gasteiger partial charge < -0.3 is 10.2 Å². The largest absolute Gasteiger partial charge is 0.356 e. The minimum atomic E-state index is 0.0196. The van der Waals surface area contributed by atoms with Gasteiger partial charge in [0.25, 0.3) is 5.91 Å². The number of benzene rings is 2. The van der Waals surface area contributed by atoms with Crippen molar-refractivity contribution in [1.82, 2.24) is 10.2 Å². The molecule has 2 amide bonds. The summed E-state index contributed by atoms with van der Waals surface area (Å²) in [5.41, 5.74) is 2.93. The molecule has 2 aromatic rings. The van der Waals surface area contributed by atoms with Crippen LogP contribution in [0.15, 0.2) is 54.6 Å². The lowest BCUT2D eigenvalue weighted by molar-refractivity contribution is -0.124. The van der Waals surface area contributed by atoms with Gasteiger partial charge in [0.2, 0.25) is 5.91 Å². The molecule has 0 aromatic heterocycles. The van der Waals surface area contributed by atoms with Crippen molar-refractivity contribution in [3.63, 3.8) is 0 Å². The van der Waals surface area contributed by atoms with Crippen molar-refractivity contribution in [2.75, 3.05) is 13.6 Å². The molecule has 1 aliphatic carbocycles. The van der Waals surface area contributed by atoms with Gasteiger partial charge >= 0.3 is 0 Å². The van der Waals surface area contributed by atoms with Crippen LogP contribution in [-0.4, -0.2) is 36.3 Å². The highest BCUT2D eigenvalue weighted by Gasteiger charge is 2.33. The zero-order chi connectivity index (χ0) is 18.5. The highest BCUT2D eigenvalue weighted by atomic mass is 16.2. The summed E-state index contributed by atoms with van der Waals surface area (Å²) in [7, 11) is 1.85. The fraction of sp³-hybridized carbons (Fsp3) is 0.364. The van der Waals surface area contributed by atoms with E-state index in [1.165, 1.54) is 0 Å². The first-order chi connectivity index (χ1) is 12.6. The van der Waals surface area contributed by atoms with Crippen molar-refractivity contribution in [1.29, 1.82) is 0 Å². The number of amides is 2. The molecule has 4 heteroatoms. The first-order valence-electron chi connectivity index (χ1n) is 9.30. The van der Waals surface area contributed by atoms with Crippen molar-refractivity contribution in [2.45, 2.75) is 32.2 Å². The molecule has 1 aliphatic rings. The Hall–Kier alpha value is -2.62. The number of rotatable bonds is 5. The second kappa shape index (κ2) is 8.17. The van der Waals surface area contributed by atoms with Crippen LogP contribution in [0.5, 0.6) is 0 Å². The molecule has 0 bridgehead atoms. The summed E-state index contributed by atoms with van der Waals surface area (Å²) >= 11 is 0. The molecule has 1 fully saturated rings. The Morgan fingerprint density at radius 1 is 1.00 bits per heavy atom. The fourth-order valence-corrected chi connectivity index (χ4v) is 3.67. The smallest absolute Gasteiger partial charge is 0.253 e. The summed E-state index contributed by atoms with van der Waals surface area (Å²) in [6.45, 7) is 2.58. The number of carbonyl (C=O) groups is 2. The average molecular weight is 350 g/mol. The Labute approximate surface area is 155 Å². The second-order valence-corrected chi connectivity index (χ2v) is 6.92. The Morgan fingerprint density at radius 3 is 2.31 bits per heavy atom. The Bertz CT molecular complexity index is 755. The standard InChI is InChI=1S/C22H26N2O2/c1-3-23-21(25)19-13-14-20(15-19)24(2)22(26)18-11-9-17(10-12-18)16-7-5-4-6-8-16/h4-12,19-20H,3,13-15H2,1-2H3,(H,23,25). The molecule has 26 heavy (non-hydrogen) atoms. The van der Waals surface area contributed by atoms with Crippen LogP contribution < -0.4 is 5.32 Å². The zero-order valence-electron chi connectivity index (χ0n) is 15.4. The van der Waals surface area contributed by atoms with Gasteiger partial charge in [0.15, 0.2) is 0 Å². The van der Waals surface area contributed by atoms with E-state index in [9.17, 15) is 9.59 Å². The van der Waals surface area contributed by atoms with Crippen molar-refractivity contribution in [3.05, 3.63) is 60.2 Å². The van der Waals surface area contributed by atoms with E-state index in [1.807, 2.05) is 56.4 Å². The number of hydrogen-bond acceptors (Lipinski definition) is 2. The molecule has 0 heterocycles. The second-order valence-electron chi connectivity index (χ2n) is 6.92. The number of hydrogen-bond donors (Lipinski definition) is 1. The minimum Gasteiger partial charge on any atom is -0.356 e. The van der Waals surface area contributed by atoms with Crippen molar-refractivity contribution in [3.8, 4) is 11.1 Å². The van der Waals surface area contributed by atoms with Crippen LogP contribution in [0.1, 0.15) is 36.5 Å². The molecular formula is C22H26N2O2. The summed E-state index contributed by atoms with van der Waals surface area (Å²) in [6, 6.07) is 18.0. The monoisotopic (exact) mass is 350 g/mol. The molecular weight excluding hydrogens is 324 g/mol. The quantitative estimate of drug-likeness (QED) is 0.893. The fourth-order valence-electron chi connectivity index (χ4n) is 3.67. The maximum Gasteiger partial charge on any atom is 0.253 e. The summed E-state index contributed by atoms with van der Waals surface area (Å²) in [5, 5.41) is 2.89. The lowest BCUT2D eigenvalue weighted by atomic mass is 10.0. The Kier molecular flexibility index (Phi) is 5.71. The van der Waals surface area contributed by atoms with E-state index in [0.29, 0.717) is 12.1 Å². The van der Waals surface area contributed by atoms with Crippen LogP contribution in [-0.2, 0) is 4.79 Å². The highest BCUT2D eigenvalue weighted by Crippen LogP contribution is 2.30. The zero-order valence-corrected chi connectivity index (χ0v) is 15.4. The van der Waals surface area contributed by atoms with Gasteiger partial charge in [-0.25, -0.2) is 0 Å². The van der Waals surface area contributed by atoms with Crippen molar-refractivity contribution >= 4 is 11.8 Å². The van der Waals surface area contributed by atoms with Crippen LogP contribution in [0.4, 0.5) is 0 Å². The van der Waals surface area contributed by atoms with Crippen LogP contribution in [0.2, 0.25) is 0 Å². The summed E-state index contributed by atoms with van der Waals surface area (Å²) in [5.74, 6) is 0.157. The molecule has 2 aromatic carbocycles. The van der Waals surface area contributed by atoms with E-state index in [4.69, 9.17) is 0 Å². The molecule has 136 valence electrons. The van der Waals surface area contributed by atoms with E-state index in [-0.39, 0.29) is 23.8 Å². The Morgan fingerprint density at radius 2 is 1.65 bits per heavy atom. The van der Waals surface area contributed by atoms with Gasteiger partial charge in [-0.1, -0.05) is 42.5 Å². The molecule has 0 spiro atoms. The van der Waals surface area contributed by atoms with Crippen LogP contribution in [0.25, 0.3) is 11.1 Å². The molecule has 3 rings (SSSR count). The van der Waals surface area contributed by atoms with Gasteiger partial charge in [-0.2, -0.15) is 0 Å². The van der Waals surface area contributed by atoms with Gasteiger partial charge in [0.1, 0.15) is 0 Å². The normalized spacial score (nSPS) is 19.2. The lowest BCUT2D eigenvalue weighted by Gasteiger charge is -2.25. The van der Waals surface area contributed by atoms with Crippen LogP contribution in [0.3, 0.4) is 0 Å².